The molecule has 1 aromatic heterocycles. The number of aromatic nitrogens is 1. The van der Waals surface area contributed by atoms with Gasteiger partial charge in [0.25, 0.3) is 5.91 Å². The molecule has 2 N–H and O–H groups in total. The van der Waals surface area contributed by atoms with Crippen LogP contribution in [0.25, 0.3) is 10.9 Å². The van der Waals surface area contributed by atoms with Gasteiger partial charge in [-0.1, -0.05) is 18.9 Å². The second-order valence-electron chi connectivity index (χ2n) is 7.49. The number of carbonyl (C=O) groups is 1. The average Bonchev–Trinajstić information content (AvgIpc) is 3.54. The van der Waals surface area contributed by atoms with Crippen molar-refractivity contribution in [3.8, 4) is 5.75 Å². The third-order valence-corrected chi connectivity index (χ3v) is 5.27. The summed E-state index contributed by atoms with van der Waals surface area (Å²) in [5.74, 6) is 0.0438. The SMILES string of the molecule is Cc1c(NC(=O)c2ccc(OCCC3CC3)cc2F)ccc2cc(CO)cnc12. The Morgan fingerprint density at radius 2 is 2.10 bits per heavy atom. The molecule has 3 aromatic rings. The third kappa shape index (κ3) is 4.38. The van der Waals surface area contributed by atoms with Crippen LogP contribution < -0.4 is 10.1 Å². The Labute approximate surface area is 168 Å². The molecule has 6 heteroatoms. The van der Waals surface area contributed by atoms with Crippen LogP contribution in [-0.2, 0) is 6.61 Å². The number of carbonyl (C=O) groups excluding carboxylic acids is 1. The molecular formula is C23H23FN2O3. The number of rotatable bonds is 7. The predicted octanol–water partition coefficient (Wildman–Crippen LogP) is 4.61. The minimum Gasteiger partial charge on any atom is -0.493 e. The third-order valence-electron chi connectivity index (χ3n) is 5.27. The number of nitrogens with one attached hydrogen (secondary N) is 1. The van der Waals surface area contributed by atoms with Crippen molar-refractivity contribution in [3.05, 3.63) is 65.1 Å². The second-order valence-corrected chi connectivity index (χ2v) is 7.49. The standard InChI is InChI=1S/C23H23FN2O3/c1-14-21(7-4-17-10-16(13-27)12-25-22(14)17)26-23(28)19-6-5-18(11-20(19)24)29-9-8-15-2-3-15/h4-7,10-12,15,27H,2-3,8-9,13H2,1H3,(H,26,28). The number of aliphatic hydroxyl groups is 1. The van der Waals surface area contributed by atoms with Gasteiger partial charge in [-0.3, -0.25) is 9.78 Å². The summed E-state index contributed by atoms with van der Waals surface area (Å²) >= 11 is 0. The lowest BCUT2D eigenvalue weighted by Gasteiger charge is -2.12. The summed E-state index contributed by atoms with van der Waals surface area (Å²) in [5, 5.41) is 12.9. The van der Waals surface area contributed by atoms with Crippen molar-refractivity contribution in [3.63, 3.8) is 0 Å². The molecule has 0 saturated heterocycles. The van der Waals surface area contributed by atoms with E-state index in [1.807, 2.05) is 19.1 Å². The van der Waals surface area contributed by atoms with Crippen molar-refractivity contribution >= 4 is 22.5 Å². The van der Waals surface area contributed by atoms with Crippen molar-refractivity contribution in [2.75, 3.05) is 11.9 Å². The Balaban J connectivity index is 1.48. The van der Waals surface area contributed by atoms with Gasteiger partial charge in [-0.05, 0) is 54.7 Å². The van der Waals surface area contributed by atoms with Gasteiger partial charge in [0.05, 0.1) is 24.3 Å². The Hall–Kier alpha value is -2.99. The molecule has 1 fully saturated rings. The first-order valence-electron chi connectivity index (χ1n) is 9.78. The number of nitrogens with zero attached hydrogens (tertiary/aromatic N) is 1. The molecule has 0 spiro atoms. The Morgan fingerprint density at radius 1 is 1.28 bits per heavy atom. The number of aryl methyl sites for hydroxylation is 1. The average molecular weight is 394 g/mol. The smallest absolute Gasteiger partial charge is 0.258 e. The van der Waals surface area contributed by atoms with Crippen LogP contribution in [0.3, 0.4) is 0 Å². The summed E-state index contributed by atoms with van der Waals surface area (Å²) in [7, 11) is 0. The highest BCUT2D eigenvalue weighted by Crippen LogP contribution is 2.32. The maximum Gasteiger partial charge on any atom is 0.258 e. The summed E-state index contributed by atoms with van der Waals surface area (Å²) in [6.45, 7) is 2.33. The molecule has 0 aliphatic heterocycles. The number of hydrogen-bond acceptors (Lipinski definition) is 4. The number of hydrogen-bond donors (Lipinski definition) is 2. The van der Waals surface area contributed by atoms with E-state index >= 15 is 0 Å². The van der Waals surface area contributed by atoms with Crippen LogP contribution in [0, 0.1) is 18.7 Å². The van der Waals surface area contributed by atoms with Crippen LogP contribution >= 0.6 is 0 Å². The van der Waals surface area contributed by atoms with Crippen molar-refractivity contribution < 1.29 is 19.0 Å². The number of benzene rings is 2. The molecule has 1 saturated carbocycles. The normalized spacial score (nSPS) is 13.5. The zero-order chi connectivity index (χ0) is 20.4. The van der Waals surface area contributed by atoms with Gasteiger partial charge in [-0.2, -0.15) is 0 Å². The molecule has 2 aromatic carbocycles. The minimum absolute atomic E-state index is 0.0392. The summed E-state index contributed by atoms with van der Waals surface area (Å²) in [6.07, 6.45) is 5.09. The van der Waals surface area contributed by atoms with E-state index in [-0.39, 0.29) is 12.2 Å². The Morgan fingerprint density at radius 3 is 2.83 bits per heavy atom. The van der Waals surface area contributed by atoms with Gasteiger partial charge in [0.15, 0.2) is 0 Å². The molecule has 150 valence electrons. The first-order valence-corrected chi connectivity index (χ1v) is 9.78. The van der Waals surface area contributed by atoms with Gasteiger partial charge in [-0.25, -0.2) is 4.39 Å². The van der Waals surface area contributed by atoms with Gasteiger partial charge in [0, 0.05) is 23.3 Å². The molecule has 0 atom stereocenters. The highest BCUT2D eigenvalue weighted by atomic mass is 19.1. The molecule has 0 bridgehead atoms. The van der Waals surface area contributed by atoms with Gasteiger partial charge < -0.3 is 15.2 Å². The van der Waals surface area contributed by atoms with Gasteiger partial charge in [0.2, 0.25) is 0 Å². The topological polar surface area (TPSA) is 71.5 Å². The number of fused-ring (bicyclic) bond motifs is 1. The number of aliphatic hydroxyl groups excluding tert-OH is 1. The summed E-state index contributed by atoms with van der Waals surface area (Å²) < 4.78 is 20.0. The molecule has 1 aliphatic carbocycles. The van der Waals surface area contributed by atoms with Crippen molar-refractivity contribution in [1.29, 1.82) is 0 Å². The van der Waals surface area contributed by atoms with E-state index in [0.717, 1.165) is 34.4 Å². The fourth-order valence-corrected chi connectivity index (χ4v) is 3.32. The number of amides is 1. The molecular weight excluding hydrogens is 371 g/mol. The van der Waals surface area contributed by atoms with E-state index in [4.69, 9.17) is 4.74 Å². The van der Waals surface area contributed by atoms with Crippen LogP contribution in [0.2, 0.25) is 0 Å². The molecule has 5 nitrogen and oxygen atoms in total. The van der Waals surface area contributed by atoms with Crippen molar-refractivity contribution in [2.45, 2.75) is 32.8 Å². The molecule has 1 amide bonds. The van der Waals surface area contributed by atoms with E-state index < -0.39 is 11.7 Å². The number of halogens is 1. The highest BCUT2D eigenvalue weighted by molar-refractivity contribution is 6.06. The van der Waals surface area contributed by atoms with Crippen LogP contribution in [0.5, 0.6) is 5.75 Å². The molecule has 0 unspecified atom stereocenters. The maximum atomic E-state index is 14.5. The highest BCUT2D eigenvalue weighted by Gasteiger charge is 2.21. The van der Waals surface area contributed by atoms with Gasteiger partial charge in [-0.15, -0.1) is 0 Å². The number of anilines is 1. The first-order chi connectivity index (χ1) is 14.0. The van der Waals surface area contributed by atoms with Crippen LogP contribution in [0.1, 0.15) is 40.7 Å². The lowest BCUT2D eigenvalue weighted by Crippen LogP contribution is -2.15. The van der Waals surface area contributed by atoms with E-state index in [0.29, 0.717) is 18.0 Å². The lowest BCUT2D eigenvalue weighted by molar-refractivity contribution is 0.102. The van der Waals surface area contributed by atoms with Crippen LogP contribution in [-0.4, -0.2) is 22.6 Å². The zero-order valence-electron chi connectivity index (χ0n) is 16.2. The summed E-state index contributed by atoms with van der Waals surface area (Å²) in [4.78, 5) is 17.0. The largest absolute Gasteiger partial charge is 0.493 e. The molecule has 1 aliphatic rings. The molecule has 1 heterocycles. The summed E-state index contributed by atoms with van der Waals surface area (Å²) in [5.41, 5.74) is 2.74. The minimum atomic E-state index is -0.615. The Bertz CT molecular complexity index is 1060. The second kappa shape index (κ2) is 8.17. The fourth-order valence-electron chi connectivity index (χ4n) is 3.32. The van der Waals surface area contributed by atoms with Gasteiger partial charge in [0.1, 0.15) is 11.6 Å². The van der Waals surface area contributed by atoms with E-state index in [1.54, 1.807) is 18.3 Å². The van der Waals surface area contributed by atoms with Gasteiger partial charge >= 0.3 is 0 Å². The van der Waals surface area contributed by atoms with Crippen LogP contribution in [0.4, 0.5) is 10.1 Å². The lowest BCUT2D eigenvalue weighted by atomic mass is 10.1. The first kappa shape index (κ1) is 19.3. The summed E-state index contributed by atoms with van der Waals surface area (Å²) in [6, 6.07) is 9.74. The van der Waals surface area contributed by atoms with E-state index in [1.165, 1.54) is 25.0 Å². The zero-order valence-corrected chi connectivity index (χ0v) is 16.2. The molecule has 29 heavy (non-hydrogen) atoms. The quantitative estimate of drug-likeness (QED) is 0.614. The fraction of sp³-hybridized carbons (Fsp3) is 0.304. The van der Waals surface area contributed by atoms with Crippen molar-refractivity contribution in [1.82, 2.24) is 4.98 Å². The van der Waals surface area contributed by atoms with E-state index in [2.05, 4.69) is 10.3 Å². The predicted molar refractivity (Wildman–Crippen MR) is 110 cm³/mol. The van der Waals surface area contributed by atoms with Crippen LogP contribution in [0.15, 0.2) is 42.6 Å². The van der Waals surface area contributed by atoms with E-state index in [9.17, 15) is 14.3 Å². The Kier molecular flexibility index (Phi) is 5.45. The number of pyridine rings is 1. The monoisotopic (exact) mass is 394 g/mol. The maximum absolute atomic E-state index is 14.5. The molecule has 0 radical (unpaired) electrons. The number of ether oxygens (including phenoxy) is 1. The molecule has 4 rings (SSSR count). The van der Waals surface area contributed by atoms with Crippen molar-refractivity contribution in [2.24, 2.45) is 5.92 Å².